The molecule has 0 amide bonds. The van der Waals surface area contributed by atoms with E-state index in [2.05, 4.69) is 81.5 Å². The van der Waals surface area contributed by atoms with Crippen molar-refractivity contribution in [1.29, 1.82) is 0 Å². The molecule has 1 atom stereocenters. The van der Waals surface area contributed by atoms with Crippen molar-refractivity contribution in [2.75, 3.05) is 13.2 Å². The van der Waals surface area contributed by atoms with E-state index in [9.17, 15) is 14.4 Å². The predicted molar refractivity (Wildman–Crippen MR) is 312 cm³/mol. The van der Waals surface area contributed by atoms with Crippen LogP contribution in [0.3, 0.4) is 0 Å². The number of hydrogen-bond donors (Lipinski definition) is 0. The molecule has 0 rings (SSSR count). The largest absolute Gasteiger partial charge is 0.462 e. The Hall–Kier alpha value is -2.89. The minimum absolute atomic E-state index is 0.0717. The lowest BCUT2D eigenvalue weighted by molar-refractivity contribution is -0.167. The number of hydrogen-bond acceptors (Lipinski definition) is 6. The van der Waals surface area contributed by atoms with E-state index in [1.807, 2.05) is 0 Å². The molecule has 0 heterocycles. The van der Waals surface area contributed by atoms with Gasteiger partial charge in [0.15, 0.2) is 6.10 Å². The normalized spacial score (nSPS) is 12.4. The van der Waals surface area contributed by atoms with Crippen molar-refractivity contribution in [2.45, 2.75) is 329 Å². The molecule has 0 N–H and O–H groups in total. The van der Waals surface area contributed by atoms with Gasteiger partial charge in [0.2, 0.25) is 0 Å². The van der Waals surface area contributed by atoms with Gasteiger partial charge in [-0.15, -0.1) is 0 Å². The van der Waals surface area contributed by atoms with Crippen LogP contribution in [-0.4, -0.2) is 37.2 Å². The average Bonchev–Trinajstić information content (AvgIpc) is 3.38. The number of rotatable bonds is 57. The zero-order valence-electron chi connectivity index (χ0n) is 47.9. The van der Waals surface area contributed by atoms with E-state index in [-0.39, 0.29) is 31.1 Å². The van der Waals surface area contributed by atoms with Gasteiger partial charge in [-0.2, -0.15) is 0 Å². The van der Waals surface area contributed by atoms with E-state index in [1.54, 1.807) is 0 Å². The molecule has 0 radical (unpaired) electrons. The van der Waals surface area contributed by atoms with Crippen LogP contribution in [0.15, 0.2) is 60.8 Å². The highest BCUT2D eigenvalue weighted by Crippen LogP contribution is 2.17. The molecule has 0 bridgehead atoms. The zero-order valence-corrected chi connectivity index (χ0v) is 47.9. The van der Waals surface area contributed by atoms with Crippen molar-refractivity contribution >= 4 is 17.9 Å². The lowest BCUT2D eigenvalue weighted by atomic mass is 10.0. The lowest BCUT2D eigenvalue weighted by Crippen LogP contribution is -2.30. The fourth-order valence-corrected chi connectivity index (χ4v) is 9.08. The number of allylic oxidation sites excluding steroid dienone is 10. The van der Waals surface area contributed by atoms with Crippen molar-refractivity contribution in [1.82, 2.24) is 0 Å². The number of esters is 3. The van der Waals surface area contributed by atoms with Gasteiger partial charge in [0.25, 0.3) is 0 Å². The molecule has 0 aliphatic heterocycles. The highest BCUT2D eigenvalue weighted by Gasteiger charge is 2.19. The molecule has 418 valence electrons. The first-order valence-corrected chi connectivity index (χ1v) is 31.3. The first-order valence-electron chi connectivity index (χ1n) is 31.3. The number of carbonyl (C=O) groups excluding carboxylic acids is 3. The molecule has 0 saturated heterocycles. The Balaban J connectivity index is 3.99. The van der Waals surface area contributed by atoms with Gasteiger partial charge >= 0.3 is 17.9 Å². The number of ether oxygens (including phenoxy) is 3. The van der Waals surface area contributed by atoms with Crippen molar-refractivity contribution in [3.05, 3.63) is 60.8 Å². The van der Waals surface area contributed by atoms with Crippen molar-refractivity contribution in [2.24, 2.45) is 0 Å². The maximum Gasteiger partial charge on any atom is 0.306 e. The molecule has 0 saturated carbocycles. The van der Waals surface area contributed by atoms with E-state index in [1.165, 1.54) is 199 Å². The van der Waals surface area contributed by atoms with Crippen molar-refractivity contribution < 1.29 is 28.6 Å². The average molecular weight is 1010 g/mol. The summed E-state index contributed by atoms with van der Waals surface area (Å²) in [7, 11) is 0. The summed E-state index contributed by atoms with van der Waals surface area (Å²) in [5.41, 5.74) is 0. The maximum atomic E-state index is 12.8. The van der Waals surface area contributed by atoms with E-state index in [0.29, 0.717) is 19.3 Å². The standard InChI is InChI=1S/C66H118O6/c1-4-7-10-13-16-18-20-22-24-26-27-28-29-30-31-32-33-34-35-36-37-38-39-41-42-44-46-48-50-53-56-59-65(68)71-62-63(61-70-64(67)58-55-52-15-12-9-6-3)72-66(69)60-57-54-51-49-47-45-43-40-25-23-21-19-17-14-11-8-5-2/h7,10,16,18,22-25,27-28,63H,4-6,8-9,11-15,17,19-21,26,29-62H2,1-3H3/b10-7-,18-16-,24-22-,25-23-,28-27-. The van der Waals surface area contributed by atoms with Gasteiger partial charge in [-0.1, -0.05) is 281 Å². The Morgan fingerprint density at radius 2 is 0.542 bits per heavy atom. The molecule has 0 spiro atoms. The van der Waals surface area contributed by atoms with Gasteiger partial charge in [0.1, 0.15) is 13.2 Å². The molecule has 6 nitrogen and oxygen atoms in total. The smallest absolute Gasteiger partial charge is 0.306 e. The molecular weight excluding hydrogens is 889 g/mol. The second-order valence-corrected chi connectivity index (χ2v) is 20.9. The molecule has 0 fully saturated rings. The third-order valence-electron chi connectivity index (χ3n) is 13.8. The third kappa shape index (κ3) is 58.0. The summed E-state index contributed by atoms with van der Waals surface area (Å²) in [6.45, 7) is 6.49. The minimum atomic E-state index is -0.770. The molecule has 0 aromatic heterocycles. The van der Waals surface area contributed by atoms with Gasteiger partial charge in [-0.05, 0) is 83.5 Å². The van der Waals surface area contributed by atoms with Crippen LogP contribution in [0.1, 0.15) is 323 Å². The summed E-state index contributed by atoms with van der Waals surface area (Å²) in [4.78, 5) is 37.9. The second kappa shape index (κ2) is 60.7. The molecule has 1 unspecified atom stereocenters. The van der Waals surface area contributed by atoms with Gasteiger partial charge in [-0.3, -0.25) is 14.4 Å². The summed E-state index contributed by atoms with van der Waals surface area (Å²) < 4.78 is 16.8. The SMILES string of the molecule is CC/C=C\C/C=C\C/C=C\C/C=C\CCCCCCCCCCCCCCCCCCCCC(=O)OCC(COC(=O)CCCCCCCC)OC(=O)CCCCCCCCC/C=C\CCCCCCCC. The summed E-state index contributed by atoms with van der Waals surface area (Å²) in [6.07, 6.45) is 77.0. The Bertz CT molecular complexity index is 1290. The highest BCUT2D eigenvalue weighted by molar-refractivity contribution is 5.71. The van der Waals surface area contributed by atoms with Crippen LogP contribution >= 0.6 is 0 Å². The highest BCUT2D eigenvalue weighted by atomic mass is 16.6. The maximum absolute atomic E-state index is 12.8. The van der Waals surface area contributed by atoms with Gasteiger partial charge in [-0.25, -0.2) is 0 Å². The van der Waals surface area contributed by atoms with E-state index in [0.717, 1.165) is 83.5 Å². The Morgan fingerprint density at radius 3 is 0.861 bits per heavy atom. The van der Waals surface area contributed by atoms with E-state index < -0.39 is 6.10 Å². The zero-order chi connectivity index (χ0) is 52.2. The Labute approximate surface area is 447 Å². The quantitative estimate of drug-likeness (QED) is 0.0261. The first-order chi connectivity index (χ1) is 35.5. The molecule has 0 aliphatic rings. The summed E-state index contributed by atoms with van der Waals surface area (Å²) in [5.74, 6) is -0.871. The van der Waals surface area contributed by atoms with Crippen LogP contribution in [-0.2, 0) is 28.6 Å². The minimum Gasteiger partial charge on any atom is -0.462 e. The summed E-state index contributed by atoms with van der Waals surface area (Å²) >= 11 is 0. The van der Waals surface area contributed by atoms with Crippen LogP contribution in [0, 0.1) is 0 Å². The van der Waals surface area contributed by atoms with Crippen molar-refractivity contribution in [3.63, 3.8) is 0 Å². The monoisotopic (exact) mass is 1010 g/mol. The Morgan fingerprint density at radius 1 is 0.292 bits per heavy atom. The number of carbonyl (C=O) groups is 3. The molecule has 0 aromatic rings. The fraction of sp³-hybridized carbons (Fsp3) is 0.803. The predicted octanol–water partition coefficient (Wildman–Crippen LogP) is 21.2. The van der Waals surface area contributed by atoms with Crippen LogP contribution in [0.25, 0.3) is 0 Å². The Kier molecular flexibility index (Phi) is 58.2. The molecular formula is C66H118O6. The fourth-order valence-electron chi connectivity index (χ4n) is 9.08. The van der Waals surface area contributed by atoms with Crippen LogP contribution < -0.4 is 0 Å². The number of unbranched alkanes of at least 4 members (excludes halogenated alkanes) is 36. The molecule has 6 heteroatoms. The third-order valence-corrected chi connectivity index (χ3v) is 13.8. The van der Waals surface area contributed by atoms with Gasteiger partial charge in [0.05, 0.1) is 0 Å². The van der Waals surface area contributed by atoms with Gasteiger partial charge in [0, 0.05) is 19.3 Å². The second-order valence-electron chi connectivity index (χ2n) is 20.9. The first kappa shape index (κ1) is 69.1. The van der Waals surface area contributed by atoms with Crippen LogP contribution in [0.5, 0.6) is 0 Å². The summed E-state index contributed by atoms with van der Waals surface area (Å²) in [6, 6.07) is 0. The van der Waals surface area contributed by atoms with Crippen LogP contribution in [0.2, 0.25) is 0 Å². The molecule has 72 heavy (non-hydrogen) atoms. The van der Waals surface area contributed by atoms with Crippen LogP contribution in [0.4, 0.5) is 0 Å². The molecule has 0 aromatic carbocycles. The van der Waals surface area contributed by atoms with Gasteiger partial charge < -0.3 is 14.2 Å². The summed E-state index contributed by atoms with van der Waals surface area (Å²) in [5, 5.41) is 0. The van der Waals surface area contributed by atoms with E-state index >= 15 is 0 Å². The van der Waals surface area contributed by atoms with Crippen molar-refractivity contribution in [3.8, 4) is 0 Å². The lowest BCUT2D eigenvalue weighted by Gasteiger charge is -2.18. The van der Waals surface area contributed by atoms with E-state index in [4.69, 9.17) is 14.2 Å². The molecule has 0 aliphatic carbocycles. The topological polar surface area (TPSA) is 78.9 Å².